The minimum atomic E-state index is -1.08. The minimum absolute atomic E-state index is 0.0493. The molecular formula is C20H19N3O6. The smallest absolute Gasteiger partial charge is 0.337 e. The molecule has 9 heteroatoms. The van der Waals surface area contributed by atoms with E-state index >= 15 is 0 Å². The lowest BCUT2D eigenvalue weighted by Crippen LogP contribution is -2.34. The number of aliphatic hydroxyl groups is 1. The maximum absolute atomic E-state index is 12.6. The number of nitrogens with zero attached hydrogens (tertiary/aromatic N) is 2. The molecule has 0 spiro atoms. The first-order valence-electron chi connectivity index (χ1n) is 8.69. The number of aromatic nitrogens is 2. The molecule has 9 nitrogen and oxygen atoms in total. The summed E-state index contributed by atoms with van der Waals surface area (Å²) in [5, 5.41) is 14.9. The highest BCUT2D eigenvalue weighted by atomic mass is 16.5. The van der Waals surface area contributed by atoms with Crippen LogP contribution in [0.1, 0.15) is 20.8 Å². The first-order chi connectivity index (χ1) is 13.9. The van der Waals surface area contributed by atoms with Crippen molar-refractivity contribution in [1.82, 2.24) is 9.78 Å². The Hall–Kier alpha value is -3.72. The maximum atomic E-state index is 12.6. The second-order valence-corrected chi connectivity index (χ2v) is 6.23. The molecule has 0 fully saturated rings. The molecule has 3 N–H and O–H groups in total. The van der Waals surface area contributed by atoms with E-state index in [0.29, 0.717) is 16.7 Å². The van der Waals surface area contributed by atoms with Gasteiger partial charge in [-0.1, -0.05) is 18.2 Å². The molecule has 0 unspecified atom stereocenters. The number of primary amides is 1. The Balaban J connectivity index is 1.74. The van der Waals surface area contributed by atoms with Crippen LogP contribution >= 0.6 is 0 Å². The molecule has 0 aliphatic rings. The quantitative estimate of drug-likeness (QED) is 0.561. The Morgan fingerprint density at radius 3 is 2.41 bits per heavy atom. The first-order valence-corrected chi connectivity index (χ1v) is 8.69. The number of methoxy groups -OCH3 is 1. The van der Waals surface area contributed by atoms with E-state index in [1.807, 2.05) is 0 Å². The van der Waals surface area contributed by atoms with Crippen molar-refractivity contribution in [1.29, 1.82) is 0 Å². The van der Waals surface area contributed by atoms with E-state index in [-0.39, 0.29) is 24.2 Å². The summed E-state index contributed by atoms with van der Waals surface area (Å²) < 4.78 is 11.1. The number of fused-ring (bicyclic) bond motifs is 1. The van der Waals surface area contributed by atoms with Crippen molar-refractivity contribution >= 4 is 22.6 Å². The number of amides is 1. The molecule has 1 heterocycles. The SMILES string of the molecule is COC(=O)c1ccc(OC[C@@H](O)Cn2nc(C(N)=O)c3ccccc3c2=O)cc1. The number of hydrogen-bond donors (Lipinski definition) is 2. The topological polar surface area (TPSA) is 134 Å². The molecule has 1 atom stereocenters. The summed E-state index contributed by atoms with van der Waals surface area (Å²) in [5.41, 5.74) is 5.24. The molecule has 0 saturated carbocycles. The largest absolute Gasteiger partial charge is 0.491 e. The number of carbonyl (C=O) groups is 2. The van der Waals surface area contributed by atoms with E-state index in [0.717, 1.165) is 4.68 Å². The number of aliphatic hydroxyl groups excluding tert-OH is 1. The van der Waals surface area contributed by atoms with Gasteiger partial charge in [0.2, 0.25) is 0 Å². The van der Waals surface area contributed by atoms with Crippen molar-refractivity contribution in [3.8, 4) is 5.75 Å². The molecule has 3 aromatic rings. The van der Waals surface area contributed by atoms with Gasteiger partial charge in [0, 0.05) is 5.39 Å². The van der Waals surface area contributed by atoms with Gasteiger partial charge in [-0.15, -0.1) is 0 Å². The summed E-state index contributed by atoms with van der Waals surface area (Å²) in [4.78, 5) is 35.7. The van der Waals surface area contributed by atoms with Crippen LogP contribution in [0.2, 0.25) is 0 Å². The lowest BCUT2D eigenvalue weighted by atomic mass is 10.1. The molecule has 0 bridgehead atoms. The second kappa shape index (κ2) is 8.53. The number of carbonyl (C=O) groups excluding carboxylic acids is 2. The van der Waals surface area contributed by atoms with Crippen LogP contribution in [0.4, 0.5) is 0 Å². The molecule has 150 valence electrons. The lowest BCUT2D eigenvalue weighted by molar-refractivity contribution is 0.0600. The molecule has 2 aromatic carbocycles. The van der Waals surface area contributed by atoms with E-state index < -0.39 is 23.5 Å². The molecule has 0 aliphatic heterocycles. The highest BCUT2D eigenvalue weighted by molar-refractivity contribution is 6.03. The molecule has 1 amide bonds. The van der Waals surface area contributed by atoms with Gasteiger partial charge in [-0.05, 0) is 30.3 Å². The van der Waals surface area contributed by atoms with Gasteiger partial charge in [0.05, 0.1) is 24.6 Å². The van der Waals surface area contributed by atoms with Crippen LogP contribution in [0.15, 0.2) is 53.3 Å². The van der Waals surface area contributed by atoms with Crippen molar-refractivity contribution in [3.63, 3.8) is 0 Å². The first kappa shape index (κ1) is 20.0. The molecule has 0 saturated heterocycles. The molecular weight excluding hydrogens is 378 g/mol. The Bertz CT molecular complexity index is 1110. The van der Waals surface area contributed by atoms with Crippen molar-refractivity contribution in [2.24, 2.45) is 5.73 Å². The van der Waals surface area contributed by atoms with Crippen LogP contribution in [0.5, 0.6) is 5.75 Å². The van der Waals surface area contributed by atoms with Crippen LogP contribution in [-0.2, 0) is 11.3 Å². The van der Waals surface area contributed by atoms with Gasteiger partial charge in [0.1, 0.15) is 18.5 Å². The van der Waals surface area contributed by atoms with Crippen LogP contribution in [0.3, 0.4) is 0 Å². The Morgan fingerprint density at radius 2 is 1.79 bits per heavy atom. The van der Waals surface area contributed by atoms with Crippen LogP contribution in [0.25, 0.3) is 10.8 Å². The van der Waals surface area contributed by atoms with Gasteiger partial charge >= 0.3 is 5.97 Å². The summed E-state index contributed by atoms with van der Waals surface area (Å²) in [6.45, 7) is -0.325. The third-order valence-electron chi connectivity index (χ3n) is 4.20. The van der Waals surface area contributed by atoms with Crippen molar-refractivity contribution in [2.45, 2.75) is 12.6 Å². The number of hydrogen-bond acceptors (Lipinski definition) is 7. The van der Waals surface area contributed by atoms with E-state index in [9.17, 15) is 19.5 Å². The summed E-state index contributed by atoms with van der Waals surface area (Å²) in [6, 6.07) is 12.7. The van der Waals surface area contributed by atoms with E-state index in [2.05, 4.69) is 9.84 Å². The van der Waals surface area contributed by atoms with Crippen molar-refractivity contribution < 1.29 is 24.2 Å². The summed E-state index contributed by atoms with van der Waals surface area (Å²) in [6.07, 6.45) is -1.08. The maximum Gasteiger partial charge on any atom is 0.337 e. The third-order valence-corrected chi connectivity index (χ3v) is 4.20. The molecule has 1 aromatic heterocycles. The summed E-state index contributed by atoms with van der Waals surface area (Å²) in [5.74, 6) is -0.816. The molecule has 3 rings (SSSR count). The monoisotopic (exact) mass is 397 g/mol. The predicted octanol–water partition coefficient (Wildman–Crippen LogP) is 0.722. The van der Waals surface area contributed by atoms with Crippen molar-refractivity contribution in [3.05, 3.63) is 70.1 Å². The summed E-state index contributed by atoms with van der Waals surface area (Å²) >= 11 is 0. The zero-order valence-corrected chi connectivity index (χ0v) is 15.6. The Labute approximate surface area is 165 Å². The van der Waals surface area contributed by atoms with Gasteiger partial charge in [-0.25, -0.2) is 9.48 Å². The van der Waals surface area contributed by atoms with Gasteiger partial charge in [-0.3, -0.25) is 9.59 Å². The number of benzene rings is 2. The molecule has 29 heavy (non-hydrogen) atoms. The highest BCUT2D eigenvalue weighted by Gasteiger charge is 2.16. The lowest BCUT2D eigenvalue weighted by Gasteiger charge is -2.15. The standard InChI is InChI=1S/C20H19N3O6/c1-28-20(27)12-6-8-14(9-7-12)29-11-13(24)10-23-19(26)16-5-3-2-4-15(16)17(22-23)18(21)25/h2-9,13,24H,10-11H2,1H3,(H2,21,25)/t13-/m0/s1. The van der Waals surface area contributed by atoms with Crippen LogP contribution in [-0.4, -0.2) is 46.6 Å². The van der Waals surface area contributed by atoms with Crippen LogP contribution < -0.4 is 16.0 Å². The number of esters is 1. The van der Waals surface area contributed by atoms with Gasteiger partial charge in [0.15, 0.2) is 5.69 Å². The van der Waals surface area contributed by atoms with Crippen LogP contribution in [0, 0.1) is 0 Å². The normalized spacial score (nSPS) is 11.8. The molecule has 0 radical (unpaired) electrons. The van der Waals surface area contributed by atoms with Gasteiger partial charge in [-0.2, -0.15) is 5.10 Å². The minimum Gasteiger partial charge on any atom is -0.491 e. The fraction of sp³-hybridized carbons (Fsp3) is 0.200. The Kier molecular flexibility index (Phi) is 5.89. The fourth-order valence-corrected chi connectivity index (χ4v) is 2.79. The van der Waals surface area contributed by atoms with Gasteiger partial charge < -0.3 is 20.3 Å². The van der Waals surface area contributed by atoms with E-state index in [4.69, 9.17) is 10.5 Å². The predicted molar refractivity (Wildman–Crippen MR) is 104 cm³/mol. The van der Waals surface area contributed by atoms with Crippen molar-refractivity contribution in [2.75, 3.05) is 13.7 Å². The third kappa shape index (κ3) is 4.41. The zero-order chi connectivity index (χ0) is 21.0. The molecule has 0 aliphatic carbocycles. The van der Waals surface area contributed by atoms with Gasteiger partial charge in [0.25, 0.3) is 11.5 Å². The number of ether oxygens (including phenoxy) is 2. The number of rotatable bonds is 7. The second-order valence-electron chi connectivity index (χ2n) is 6.23. The summed E-state index contributed by atoms with van der Waals surface area (Å²) in [7, 11) is 1.29. The fourth-order valence-electron chi connectivity index (χ4n) is 2.79. The number of nitrogens with two attached hydrogens (primary N) is 1. The van der Waals surface area contributed by atoms with E-state index in [1.54, 1.807) is 36.4 Å². The zero-order valence-electron chi connectivity index (χ0n) is 15.6. The average Bonchev–Trinajstić information content (AvgIpc) is 2.74. The average molecular weight is 397 g/mol. The highest BCUT2D eigenvalue weighted by Crippen LogP contribution is 2.14. The van der Waals surface area contributed by atoms with E-state index in [1.165, 1.54) is 19.2 Å². The Morgan fingerprint density at radius 1 is 1.14 bits per heavy atom.